The number of allylic oxidation sites excluding steroid dienone is 2. The summed E-state index contributed by atoms with van der Waals surface area (Å²) in [7, 11) is 1.97. The first-order valence-electron chi connectivity index (χ1n) is 10.3. The van der Waals surface area contributed by atoms with Gasteiger partial charge in [0.05, 0.1) is 5.69 Å². The summed E-state index contributed by atoms with van der Waals surface area (Å²) in [5.41, 5.74) is 2.36. The number of fused-ring (bicyclic) bond motifs is 1. The van der Waals surface area contributed by atoms with Crippen LogP contribution in [0.2, 0.25) is 0 Å². The Labute approximate surface area is 169 Å². The summed E-state index contributed by atoms with van der Waals surface area (Å²) in [5, 5.41) is 0. The molecule has 0 radical (unpaired) electrons. The van der Waals surface area contributed by atoms with Crippen molar-refractivity contribution in [2.45, 2.75) is 87.0 Å². The molecule has 0 fully saturated rings. The Morgan fingerprint density at radius 2 is 1.19 bits per heavy atom. The SMILES string of the molecule is C=C1CCC(=C)S(=C)c2ccccc2N1C.CC.CC.CC.CC.CC. The van der Waals surface area contributed by atoms with Crippen molar-refractivity contribution in [3.8, 4) is 0 Å². The van der Waals surface area contributed by atoms with Crippen LogP contribution in [0.5, 0.6) is 0 Å². The van der Waals surface area contributed by atoms with E-state index in [0.29, 0.717) is 0 Å². The van der Waals surface area contributed by atoms with E-state index in [4.69, 9.17) is 0 Å². The molecule has 0 saturated carbocycles. The van der Waals surface area contributed by atoms with Crippen molar-refractivity contribution in [1.82, 2.24) is 0 Å². The fourth-order valence-electron chi connectivity index (χ4n) is 1.84. The Morgan fingerprint density at radius 3 is 1.65 bits per heavy atom. The molecule has 0 bridgehead atoms. The van der Waals surface area contributed by atoms with Gasteiger partial charge >= 0.3 is 0 Å². The highest BCUT2D eigenvalue weighted by molar-refractivity contribution is 8.17. The van der Waals surface area contributed by atoms with Gasteiger partial charge in [-0.1, -0.05) is 100 Å². The Hall–Kier alpha value is -1.28. The van der Waals surface area contributed by atoms with Crippen LogP contribution in [0.1, 0.15) is 82.1 Å². The summed E-state index contributed by atoms with van der Waals surface area (Å²) >= 11 is 0. The van der Waals surface area contributed by atoms with Crippen LogP contribution in [0, 0.1) is 0 Å². The van der Waals surface area contributed by atoms with Gasteiger partial charge in [-0.15, -0.1) is 10.5 Å². The Kier molecular flexibility index (Phi) is 29.6. The second-order valence-corrected chi connectivity index (χ2v) is 5.82. The maximum atomic E-state index is 4.25. The molecule has 1 atom stereocenters. The predicted molar refractivity (Wildman–Crippen MR) is 132 cm³/mol. The van der Waals surface area contributed by atoms with Crippen LogP contribution in [-0.4, -0.2) is 12.9 Å². The molecular weight excluding hydrogens is 334 g/mol. The second kappa shape index (κ2) is 23.7. The molecule has 0 aromatic heterocycles. The first kappa shape index (κ1) is 32.4. The quantitative estimate of drug-likeness (QED) is 0.405. The lowest BCUT2D eigenvalue weighted by atomic mass is 10.2. The minimum atomic E-state index is -0.101. The van der Waals surface area contributed by atoms with Crippen LogP contribution >= 0.6 is 10.5 Å². The summed E-state index contributed by atoms with van der Waals surface area (Å²) in [6, 6.07) is 8.40. The predicted octanol–water partition coefficient (Wildman–Crippen LogP) is 9.13. The Morgan fingerprint density at radius 1 is 0.769 bits per heavy atom. The maximum Gasteiger partial charge on any atom is 0.0541 e. The largest absolute Gasteiger partial charge is 0.348 e. The van der Waals surface area contributed by atoms with Gasteiger partial charge in [-0.2, -0.15) is 0 Å². The molecule has 0 amide bonds. The van der Waals surface area contributed by atoms with Gasteiger partial charge in [0, 0.05) is 17.6 Å². The van der Waals surface area contributed by atoms with E-state index in [1.54, 1.807) is 0 Å². The van der Waals surface area contributed by atoms with E-state index < -0.39 is 0 Å². The molecule has 1 heterocycles. The van der Waals surface area contributed by atoms with E-state index in [0.717, 1.165) is 18.5 Å². The van der Waals surface area contributed by atoms with Crippen LogP contribution in [-0.2, 0) is 0 Å². The minimum Gasteiger partial charge on any atom is -0.348 e. The zero-order chi connectivity index (χ0) is 21.7. The van der Waals surface area contributed by atoms with Crippen molar-refractivity contribution >= 4 is 22.0 Å². The van der Waals surface area contributed by atoms with E-state index in [9.17, 15) is 0 Å². The van der Waals surface area contributed by atoms with E-state index in [2.05, 4.69) is 55.2 Å². The molecule has 2 rings (SSSR count). The average Bonchev–Trinajstić information content (AvgIpc) is 2.77. The van der Waals surface area contributed by atoms with E-state index in [1.807, 2.05) is 69.2 Å². The van der Waals surface area contributed by atoms with Crippen molar-refractivity contribution in [3.05, 3.63) is 48.0 Å². The molecular formula is C24H47NS. The number of nitrogens with zero attached hydrogens (tertiary/aromatic N) is 1. The lowest BCUT2D eigenvalue weighted by molar-refractivity contribution is 0.896. The van der Waals surface area contributed by atoms with Gasteiger partial charge in [0.1, 0.15) is 0 Å². The number of rotatable bonds is 0. The molecule has 1 nitrogen and oxygen atoms in total. The third-order valence-corrected chi connectivity index (χ3v) is 4.78. The summed E-state index contributed by atoms with van der Waals surface area (Å²) in [6.07, 6.45) is 1.97. The van der Waals surface area contributed by atoms with Gasteiger partial charge < -0.3 is 4.90 Å². The zero-order valence-corrected chi connectivity index (χ0v) is 20.5. The lowest BCUT2D eigenvalue weighted by Crippen LogP contribution is -2.17. The van der Waals surface area contributed by atoms with Gasteiger partial charge in [0.25, 0.3) is 0 Å². The Bertz CT molecular complexity index is 475. The molecule has 0 aliphatic carbocycles. The van der Waals surface area contributed by atoms with Crippen LogP contribution in [0.25, 0.3) is 0 Å². The van der Waals surface area contributed by atoms with Gasteiger partial charge in [-0.25, -0.2) is 0 Å². The molecule has 1 aromatic rings. The van der Waals surface area contributed by atoms with Gasteiger partial charge in [-0.05, 0) is 29.9 Å². The van der Waals surface area contributed by atoms with E-state index in [-0.39, 0.29) is 10.5 Å². The van der Waals surface area contributed by atoms with Gasteiger partial charge in [-0.3, -0.25) is 0 Å². The molecule has 1 unspecified atom stereocenters. The topological polar surface area (TPSA) is 3.24 Å². The third-order valence-electron chi connectivity index (χ3n) is 3.01. The maximum absolute atomic E-state index is 4.25. The molecule has 1 aliphatic heterocycles. The highest BCUT2D eigenvalue weighted by Gasteiger charge is 2.16. The Balaban J connectivity index is -0.000000210. The molecule has 0 N–H and O–H groups in total. The number of hydrogen-bond acceptors (Lipinski definition) is 1. The standard InChI is InChI=1S/C14H17NS.5C2H6/c1-11-9-10-12(2)16(4)14-8-6-5-7-13(14)15(11)3;5*1-2/h5-8H,1-2,4,9-10H2,3H3;5*1-2H3. The summed E-state index contributed by atoms with van der Waals surface area (Å²) in [6.45, 7) is 28.3. The molecule has 1 aromatic carbocycles. The van der Waals surface area contributed by atoms with Crippen LogP contribution in [0.3, 0.4) is 0 Å². The first-order chi connectivity index (χ1) is 12.6. The van der Waals surface area contributed by atoms with Gasteiger partial charge in [0.15, 0.2) is 0 Å². The van der Waals surface area contributed by atoms with Crippen molar-refractivity contribution in [2.75, 3.05) is 11.9 Å². The number of benzene rings is 1. The van der Waals surface area contributed by atoms with Crippen LogP contribution < -0.4 is 4.90 Å². The minimum absolute atomic E-state index is 0.101. The molecule has 2 heteroatoms. The van der Waals surface area contributed by atoms with Crippen molar-refractivity contribution in [3.63, 3.8) is 0 Å². The van der Waals surface area contributed by atoms with Crippen LogP contribution in [0.4, 0.5) is 5.69 Å². The molecule has 1 aliphatic rings. The summed E-state index contributed by atoms with van der Waals surface area (Å²) in [4.78, 5) is 4.67. The first-order valence-corrected chi connectivity index (χ1v) is 11.7. The summed E-state index contributed by atoms with van der Waals surface area (Å²) < 4.78 is 0. The molecule has 154 valence electrons. The fourth-order valence-corrected chi connectivity index (χ4v) is 3.20. The molecule has 0 saturated heterocycles. The monoisotopic (exact) mass is 381 g/mol. The molecule has 26 heavy (non-hydrogen) atoms. The summed E-state index contributed by atoms with van der Waals surface area (Å²) in [5.74, 6) is 4.25. The molecule has 0 spiro atoms. The van der Waals surface area contributed by atoms with Gasteiger partial charge in [0.2, 0.25) is 0 Å². The van der Waals surface area contributed by atoms with Crippen molar-refractivity contribution < 1.29 is 0 Å². The number of anilines is 1. The number of hydrogen-bond donors (Lipinski definition) is 0. The van der Waals surface area contributed by atoms with E-state index >= 15 is 0 Å². The smallest absolute Gasteiger partial charge is 0.0541 e. The van der Waals surface area contributed by atoms with E-state index in [1.165, 1.54) is 15.5 Å². The normalized spacial score (nSPS) is 14.3. The van der Waals surface area contributed by atoms with Crippen molar-refractivity contribution in [2.24, 2.45) is 0 Å². The number of para-hydroxylation sites is 1. The highest BCUT2D eigenvalue weighted by Crippen LogP contribution is 2.43. The second-order valence-electron chi connectivity index (χ2n) is 4.02. The van der Waals surface area contributed by atoms with Crippen LogP contribution in [0.15, 0.2) is 52.9 Å². The third kappa shape index (κ3) is 11.4. The fraction of sp³-hybridized carbons (Fsp3) is 0.542. The average molecular weight is 382 g/mol. The lowest BCUT2D eigenvalue weighted by Gasteiger charge is -2.29. The van der Waals surface area contributed by atoms with Crippen molar-refractivity contribution in [1.29, 1.82) is 0 Å². The highest BCUT2D eigenvalue weighted by atomic mass is 32.2. The zero-order valence-electron chi connectivity index (χ0n) is 19.7.